The Morgan fingerprint density at radius 1 is 1.14 bits per heavy atom. The van der Waals surface area contributed by atoms with E-state index in [1.54, 1.807) is 35.9 Å². The summed E-state index contributed by atoms with van der Waals surface area (Å²) in [4.78, 5) is 25.9. The molecule has 0 unspecified atom stereocenters. The van der Waals surface area contributed by atoms with Crippen LogP contribution in [-0.2, 0) is 11.3 Å². The summed E-state index contributed by atoms with van der Waals surface area (Å²) >= 11 is 6.31. The number of hydrogen-bond donors (Lipinski definition) is 1. The molecule has 36 heavy (non-hydrogen) atoms. The lowest BCUT2D eigenvalue weighted by Crippen LogP contribution is -2.41. The van der Waals surface area contributed by atoms with Crippen LogP contribution in [0.25, 0.3) is 11.0 Å². The van der Waals surface area contributed by atoms with E-state index in [0.29, 0.717) is 28.4 Å². The van der Waals surface area contributed by atoms with Crippen molar-refractivity contribution in [1.82, 2.24) is 14.5 Å². The highest BCUT2D eigenvalue weighted by Crippen LogP contribution is 2.32. The van der Waals surface area contributed by atoms with Crippen LogP contribution in [0.15, 0.2) is 41.2 Å². The van der Waals surface area contributed by atoms with E-state index < -0.39 is 11.7 Å². The predicted molar refractivity (Wildman–Crippen MR) is 139 cm³/mol. The topological polar surface area (TPSA) is 98.3 Å². The normalized spacial score (nSPS) is 18.0. The molecule has 1 aromatic heterocycles. The first-order chi connectivity index (χ1) is 17.1. The average molecular weight is 511 g/mol. The summed E-state index contributed by atoms with van der Waals surface area (Å²) in [6, 6.07) is 13.0. The Balaban J connectivity index is 1.61. The third-order valence-corrected chi connectivity index (χ3v) is 6.73. The number of methoxy groups -OCH3 is 1. The highest BCUT2D eigenvalue weighted by atomic mass is 35.5. The Morgan fingerprint density at radius 2 is 1.86 bits per heavy atom. The fourth-order valence-electron chi connectivity index (χ4n) is 4.80. The number of nitrogens with one attached hydrogen (secondary N) is 1. The number of amides is 1. The smallest absolute Gasteiger partial charge is 0.407 e. The van der Waals surface area contributed by atoms with Crippen LogP contribution in [0.4, 0.5) is 4.79 Å². The molecular weight excluding hydrogens is 480 g/mol. The zero-order valence-electron chi connectivity index (χ0n) is 21.0. The number of aromatic nitrogens is 2. The van der Waals surface area contributed by atoms with Gasteiger partial charge in [-0.1, -0.05) is 17.7 Å². The van der Waals surface area contributed by atoms with E-state index >= 15 is 0 Å². The number of ether oxygens (including phenoxy) is 2. The fraction of sp³-hybridized carbons (Fsp3) is 0.444. The van der Waals surface area contributed by atoms with Gasteiger partial charge >= 0.3 is 11.8 Å². The Kier molecular flexibility index (Phi) is 7.32. The van der Waals surface area contributed by atoms with Gasteiger partial charge in [0.05, 0.1) is 41.3 Å². The van der Waals surface area contributed by atoms with Gasteiger partial charge in [-0.2, -0.15) is 5.26 Å². The zero-order chi connectivity index (χ0) is 26.0. The molecule has 2 aromatic carbocycles. The van der Waals surface area contributed by atoms with Gasteiger partial charge in [0.1, 0.15) is 11.4 Å². The molecular formula is C27H31ClN4O4. The second kappa shape index (κ2) is 10.3. The number of carbonyl (C=O) groups is 1. The largest absolute Gasteiger partial charge is 0.495 e. The number of benzene rings is 2. The molecule has 1 aliphatic rings. The van der Waals surface area contributed by atoms with Crippen molar-refractivity contribution >= 4 is 28.7 Å². The summed E-state index contributed by atoms with van der Waals surface area (Å²) in [7, 11) is 1.56. The Hall–Kier alpha value is -3.44. The molecule has 4 rings (SSSR count). The van der Waals surface area contributed by atoms with Crippen LogP contribution in [0, 0.1) is 11.3 Å². The summed E-state index contributed by atoms with van der Waals surface area (Å²) in [5.74, 6) is 0.568. The van der Waals surface area contributed by atoms with Crippen LogP contribution in [0.3, 0.4) is 0 Å². The molecule has 0 spiro atoms. The number of hydrogen-bond acceptors (Lipinski definition) is 5. The number of carbonyl (C=O) groups excluding carboxylic acids is 1. The maximum absolute atomic E-state index is 13.7. The molecule has 0 bridgehead atoms. The third-order valence-electron chi connectivity index (χ3n) is 6.43. The van der Waals surface area contributed by atoms with E-state index in [1.807, 2.05) is 37.5 Å². The van der Waals surface area contributed by atoms with Crippen molar-refractivity contribution in [3.63, 3.8) is 0 Å². The first kappa shape index (κ1) is 25.6. The van der Waals surface area contributed by atoms with Crippen LogP contribution < -0.4 is 15.7 Å². The van der Waals surface area contributed by atoms with Gasteiger partial charge in [-0.3, -0.25) is 9.13 Å². The van der Waals surface area contributed by atoms with Crippen LogP contribution >= 0.6 is 11.6 Å². The number of halogens is 1. The average Bonchev–Trinajstić information content (AvgIpc) is 3.09. The quantitative estimate of drug-likeness (QED) is 0.496. The summed E-state index contributed by atoms with van der Waals surface area (Å²) in [6.45, 7) is 5.83. The zero-order valence-corrected chi connectivity index (χ0v) is 21.8. The standard InChI is InChI=1S/C27H31ClN4O4/c1-27(2,3)36-25(33)30-19-7-9-20(10-8-19)32-22-11-5-17(15-29)14-23(22)31(26(32)34)16-18-6-12-24(35-4)21(28)13-18/h5-6,11-14,19-20H,7-10,16H2,1-4H3,(H,30,33)/t19-,20-. The van der Waals surface area contributed by atoms with Gasteiger partial charge in [0, 0.05) is 12.1 Å². The van der Waals surface area contributed by atoms with Crippen molar-refractivity contribution in [1.29, 1.82) is 5.26 Å². The van der Waals surface area contributed by atoms with E-state index in [1.165, 1.54) is 0 Å². The van der Waals surface area contributed by atoms with Gasteiger partial charge in [-0.25, -0.2) is 9.59 Å². The minimum atomic E-state index is -0.549. The molecule has 0 aliphatic heterocycles. The minimum absolute atomic E-state index is 0.00628. The number of alkyl carbamates (subject to hydrolysis) is 1. The van der Waals surface area contributed by atoms with E-state index in [0.717, 1.165) is 36.8 Å². The predicted octanol–water partition coefficient (Wildman–Crippen LogP) is 5.39. The second-order valence-corrected chi connectivity index (χ2v) is 10.6. The van der Waals surface area contributed by atoms with Crippen LogP contribution in [0.2, 0.25) is 5.02 Å². The van der Waals surface area contributed by atoms with Crippen molar-refractivity contribution in [2.45, 2.75) is 70.7 Å². The van der Waals surface area contributed by atoms with Crippen LogP contribution in [-0.4, -0.2) is 34.0 Å². The molecule has 1 fully saturated rings. The number of rotatable bonds is 5. The number of nitrogens with zero attached hydrogens (tertiary/aromatic N) is 3. The fourth-order valence-corrected chi connectivity index (χ4v) is 5.08. The van der Waals surface area contributed by atoms with Gasteiger partial charge in [0.15, 0.2) is 0 Å². The number of fused-ring (bicyclic) bond motifs is 1. The molecule has 1 N–H and O–H groups in total. The van der Waals surface area contributed by atoms with Gasteiger partial charge < -0.3 is 14.8 Å². The molecule has 1 saturated carbocycles. The van der Waals surface area contributed by atoms with E-state index in [2.05, 4.69) is 11.4 Å². The van der Waals surface area contributed by atoms with Gasteiger partial charge in [-0.15, -0.1) is 0 Å². The summed E-state index contributed by atoms with van der Waals surface area (Å²) in [6.07, 6.45) is 2.56. The Morgan fingerprint density at radius 3 is 2.47 bits per heavy atom. The minimum Gasteiger partial charge on any atom is -0.495 e. The molecule has 0 radical (unpaired) electrons. The molecule has 190 valence electrons. The number of imidazole rings is 1. The first-order valence-corrected chi connectivity index (χ1v) is 12.4. The molecule has 0 atom stereocenters. The Labute approximate surface area is 215 Å². The Bertz CT molecular complexity index is 1370. The SMILES string of the molecule is COc1ccc(Cn2c(=O)n([C@H]3CC[C@H](NC(=O)OC(C)(C)C)CC3)c3ccc(C#N)cc32)cc1Cl. The van der Waals surface area contributed by atoms with E-state index in [9.17, 15) is 14.9 Å². The molecule has 1 aliphatic carbocycles. The maximum Gasteiger partial charge on any atom is 0.407 e. The molecule has 3 aromatic rings. The summed E-state index contributed by atoms with van der Waals surface area (Å²) < 4.78 is 14.2. The second-order valence-electron chi connectivity index (χ2n) is 10.2. The summed E-state index contributed by atoms with van der Waals surface area (Å²) in [5, 5.41) is 12.9. The van der Waals surface area contributed by atoms with Gasteiger partial charge in [0.2, 0.25) is 0 Å². The van der Waals surface area contributed by atoms with Crippen molar-refractivity contribution < 1.29 is 14.3 Å². The van der Waals surface area contributed by atoms with Crippen molar-refractivity contribution in [2.75, 3.05) is 7.11 Å². The highest BCUT2D eigenvalue weighted by molar-refractivity contribution is 6.32. The molecule has 1 heterocycles. The lowest BCUT2D eigenvalue weighted by atomic mass is 9.91. The highest BCUT2D eigenvalue weighted by Gasteiger charge is 2.28. The van der Waals surface area contributed by atoms with Crippen LogP contribution in [0.5, 0.6) is 5.75 Å². The molecule has 1 amide bonds. The van der Waals surface area contributed by atoms with Crippen molar-refractivity contribution in [2.24, 2.45) is 0 Å². The molecule has 9 heteroatoms. The van der Waals surface area contributed by atoms with Gasteiger partial charge in [-0.05, 0) is 82.3 Å². The monoisotopic (exact) mass is 510 g/mol. The van der Waals surface area contributed by atoms with E-state index in [4.69, 9.17) is 21.1 Å². The third kappa shape index (κ3) is 5.52. The van der Waals surface area contributed by atoms with Crippen molar-refractivity contribution in [3.8, 4) is 11.8 Å². The van der Waals surface area contributed by atoms with Crippen LogP contribution in [0.1, 0.15) is 63.6 Å². The van der Waals surface area contributed by atoms with E-state index in [-0.39, 0.29) is 17.8 Å². The number of nitriles is 1. The lowest BCUT2D eigenvalue weighted by Gasteiger charge is -2.30. The summed E-state index contributed by atoms with van der Waals surface area (Å²) in [5.41, 5.74) is 2.17. The molecule has 8 nitrogen and oxygen atoms in total. The molecule has 0 saturated heterocycles. The first-order valence-electron chi connectivity index (χ1n) is 12.1. The van der Waals surface area contributed by atoms with Gasteiger partial charge in [0.25, 0.3) is 0 Å². The lowest BCUT2D eigenvalue weighted by molar-refractivity contribution is 0.0488. The maximum atomic E-state index is 13.7. The van der Waals surface area contributed by atoms with Crippen molar-refractivity contribution in [3.05, 3.63) is 63.0 Å².